The first-order chi connectivity index (χ1) is 10.3. The van der Waals surface area contributed by atoms with E-state index in [1.54, 1.807) is 0 Å². The lowest BCUT2D eigenvalue weighted by atomic mass is 10.0. The van der Waals surface area contributed by atoms with Gasteiger partial charge in [-0.3, -0.25) is 0 Å². The molecule has 0 aromatic heterocycles. The van der Waals surface area contributed by atoms with Crippen molar-refractivity contribution in [2.45, 2.75) is 104 Å². The molecule has 0 aliphatic carbocycles. The Morgan fingerprint density at radius 2 is 1.19 bits per heavy atom. The molecule has 0 saturated heterocycles. The predicted molar refractivity (Wildman–Crippen MR) is 99.3 cm³/mol. The molecule has 1 heteroatoms. The Balaban J connectivity index is 3.05. The van der Waals surface area contributed by atoms with Crippen LogP contribution in [0.4, 0.5) is 0 Å². The van der Waals surface area contributed by atoms with Gasteiger partial charge in [0.2, 0.25) is 0 Å². The first kappa shape index (κ1) is 21.0. The maximum Gasteiger partial charge on any atom is 0.0252 e. The highest BCUT2D eigenvalue weighted by Crippen LogP contribution is 2.13. The minimum atomic E-state index is 0.630. The average Bonchev–Trinajstić information content (AvgIpc) is 2.50. The Bertz CT molecular complexity index is 210. The van der Waals surface area contributed by atoms with E-state index in [1.165, 1.54) is 83.5 Å². The number of unbranched alkanes of at least 4 members (excludes halogenated alkanes) is 12. The second kappa shape index (κ2) is 18.1. The summed E-state index contributed by atoms with van der Waals surface area (Å²) in [6.07, 6.45) is 24.3. The van der Waals surface area contributed by atoms with Crippen LogP contribution < -0.4 is 0 Å². The second-order valence-electron chi connectivity index (χ2n) is 6.64. The first-order valence-electron chi connectivity index (χ1n) is 9.52. The van der Waals surface area contributed by atoms with Crippen LogP contribution in [-0.4, -0.2) is 5.88 Å². The fourth-order valence-electron chi connectivity index (χ4n) is 2.61. The first-order valence-corrected chi connectivity index (χ1v) is 10.1. The molecule has 0 N–H and O–H groups in total. The number of alkyl halides is 1. The summed E-state index contributed by atoms with van der Waals surface area (Å²) < 4.78 is 0. The Hall–Kier alpha value is 0.0300. The van der Waals surface area contributed by atoms with Crippen molar-refractivity contribution >= 4 is 11.6 Å². The van der Waals surface area contributed by atoms with Crippen molar-refractivity contribution in [3.05, 3.63) is 12.2 Å². The molecule has 0 aromatic rings. The normalized spacial score (nSPS) is 13.1. The van der Waals surface area contributed by atoms with Gasteiger partial charge in [-0.2, -0.15) is 0 Å². The van der Waals surface area contributed by atoms with Crippen molar-refractivity contribution in [2.24, 2.45) is 5.92 Å². The number of rotatable bonds is 16. The van der Waals surface area contributed by atoms with E-state index in [4.69, 9.17) is 11.6 Å². The molecule has 0 aliphatic heterocycles. The molecule has 0 heterocycles. The summed E-state index contributed by atoms with van der Waals surface area (Å²) in [7, 11) is 0. The van der Waals surface area contributed by atoms with Gasteiger partial charge < -0.3 is 0 Å². The molecule has 0 aromatic carbocycles. The fraction of sp³-hybridized carbons (Fsp3) is 0.900. The molecule has 126 valence electrons. The Labute approximate surface area is 139 Å². The van der Waals surface area contributed by atoms with Gasteiger partial charge in [0.05, 0.1) is 0 Å². The van der Waals surface area contributed by atoms with Crippen LogP contribution in [-0.2, 0) is 0 Å². The third kappa shape index (κ3) is 18.0. The molecule has 0 spiro atoms. The molecular weight excluding hydrogens is 276 g/mol. The molecule has 0 radical (unpaired) electrons. The smallest absolute Gasteiger partial charge is 0.0252 e. The maximum absolute atomic E-state index is 5.78. The van der Waals surface area contributed by atoms with Crippen molar-refractivity contribution < 1.29 is 0 Å². The fourth-order valence-corrected chi connectivity index (χ4v) is 2.74. The van der Waals surface area contributed by atoms with Gasteiger partial charge in [0.25, 0.3) is 0 Å². The van der Waals surface area contributed by atoms with Crippen LogP contribution >= 0.6 is 11.6 Å². The summed E-state index contributed by atoms with van der Waals surface area (Å²) in [5.74, 6) is 1.41. The molecule has 1 atom stereocenters. The van der Waals surface area contributed by atoms with Gasteiger partial charge in [-0.1, -0.05) is 96.6 Å². The monoisotopic (exact) mass is 314 g/mol. The van der Waals surface area contributed by atoms with Gasteiger partial charge >= 0.3 is 0 Å². The Morgan fingerprint density at radius 1 is 0.714 bits per heavy atom. The average molecular weight is 315 g/mol. The molecule has 0 unspecified atom stereocenters. The van der Waals surface area contributed by atoms with E-state index < -0.39 is 0 Å². The van der Waals surface area contributed by atoms with Crippen LogP contribution in [0.1, 0.15) is 104 Å². The van der Waals surface area contributed by atoms with Crippen molar-refractivity contribution in [1.82, 2.24) is 0 Å². The number of hydrogen-bond donors (Lipinski definition) is 0. The van der Waals surface area contributed by atoms with E-state index in [1.807, 2.05) is 0 Å². The summed E-state index contributed by atoms with van der Waals surface area (Å²) in [5, 5.41) is 0. The van der Waals surface area contributed by atoms with E-state index >= 15 is 0 Å². The van der Waals surface area contributed by atoms with E-state index in [2.05, 4.69) is 26.0 Å². The Morgan fingerprint density at radius 3 is 1.67 bits per heavy atom. The molecule has 21 heavy (non-hydrogen) atoms. The third-order valence-corrected chi connectivity index (χ3v) is 4.72. The zero-order chi connectivity index (χ0) is 15.6. The van der Waals surface area contributed by atoms with Crippen LogP contribution in [0.15, 0.2) is 12.2 Å². The molecule has 0 bridgehead atoms. The highest BCUT2D eigenvalue weighted by Gasteiger charge is 1.95. The highest BCUT2D eigenvalue weighted by molar-refractivity contribution is 6.18. The quantitative estimate of drug-likeness (QED) is 0.154. The number of allylic oxidation sites excluding steroid dienone is 2. The van der Waals surface area contributed by atoms with E-state index in [0.717, 1.165) is 12.3 Å². The van der Waals surface area contributed by atoms with E-state index in [9.17, 15) is 0 Å². The number of hydrogen-bond acceptors (Lipinski definition) is 0. The lowest BCUT2D eigenvalue weighted by Gasteiger charge is -2.02. The third-order valence-electron chi connectivity index (χ3n) is 4.19. The molecule has 0 amide bonds. The molecule has 0 nitrogen and oxygen atoms in total. The van der Waals surface area contributed by atoms with Gasteiger partial charge in [0.15, 0.2) is 0 Å². The van der Waals surface area contributed by atoms with Crippen molar-refractivity contribution in [2.75, 3.05) is 5.88 Å². The zero-order valence-corrected chi connectivity index (χ0v) is 15.5. The topological polar surface area (TPSA) is 0 Å². The van der Waals surface area contributed by atoms with Gasteiger partial charge in [-0.25, -0.2) is 0 Å². The van der Waals surface area contributed by atoms with Crippen molar-refractivity contribution in [3.63, 3.8) is 0 Å². The predicted octanol–water partition coefficient (Wildman–Crippen LogP) is 7.90. The van der Waals surface area contributed by atoms with Crippen molar-refractivity contribution in [3.8, 4) is 0 Å². The zero-order valence-electron chi connectivity index (χ0n) is 14.7. The van der Waals surface area contributed by atoms with Crippen LogP contribution in [0.5, 0.6) is 0 Å². The van der Waals surface area contributed by atoms with Crippen LogP contribution in [0.3, 0.4) is 0 Å². The summed E-state index contributed by atoms with van der Waals surface area (Å²) in [4.78, 5) is 0. The molecular formula is C20H39Cl. The maximum atomic E-state index is 5.78. The van der Waals surface area contributed by atoms with Gasteiger partial charge in [0, 0.05) is 5.88 Å². The molecule has 0 saturated carbocycles. The molecule has 0 rings (SSSR count). The summed E-state index contributed by atoms with van der Waals surface area (Å²) in [6.45, 7) is 4.50. The van der Waals surface area contributed by atoms with Gasteiger partial charge in [-0.05, 0) is 25.2 Å². The molecule has 0 fully saturated rings. The lowest BCUT2D eigenvalue weighted by molar-refractivity contribution is 0.544. The van der Waals surface area contributed by atoms with Gasteiger partial charge in [0.1, 0.15) is 0 Å². The van der Waals surface area contributed by atoms with Crippen LogP contribution in [0.2, 0.25) is 0 Å². The second-order valence-corrected chi connectivity index (χ2v) is 6.95. The van der Waals surface area contributed by atoms with E-state index in [-0.39, 0.29) is 0 Å². The summed E-state index contributed by atoms with van der Waals surface area (Å²) in [6, 6.07) is 0. The highest BCUT2D eigenvalue weighted by atomic mass is 35.5. The lowest BCUT2D eigenvalue weighted by Crippen LogP contribution is -1.92. The summed E-state index contributed by atoms with van der Waals surface area (Å²) >= 11 is 5.78. The summed E-state index contributed by atoms with van der Waals surface area (Å²) in [5.41, 5.74) is 0. The minimum absolute atomic E-state index is 0.630. The standard InChI is InChI=1S/C20H39Cl/c1-3-4-5-6-7-8-9-10-11-12-13-14-15-16-17-18-20(2)19-21/h16-17,20H,3-15,18-19H2,1-2H3/b17-16+/t20-/m1/s1. The van der Waals surface area contributed by atoms with E-state index in [0.29, 0.717) is 5.92 Å². The largest absolute Gasteiger partial charge is 0.126 e. The SMILES string of the molecule is CCCCCCCCCCCCCC/C=C/C[C@@H](C)CCl. The Kier molecular flexibility index (Phi) is 18.1. The van der Waals surface area contributed by atoms with Crippen LogP contribution in [0.25, 0.3) is 0 Å². The minimum Gasteiger partial charge on any atom is -0.126 e. The van der Waals surface area contributed by atoms with Crippen molar-refractivity contribution in [1.29, 1.82) is 0 Å². The van der Waals surface area contributed by atoms with Gasteiger partial charge in [-0.15, -0.1) is 11.6 Å². The number of halogens is 1. The molecule has 0 aliphatic rings. The van der Waals surface area contributed by atoms with Crippen LogP contribution in [0, 0.1) is 5.92 Å².